The van der Waals surface area contributed by atoms with Crippen LogP contribution >= 0.6 is 0 Å². The van der Waals surface area contributed by atoms with E-state index in [1.807, 2.05) is 13.8 Å². The van der Waals surface area contributed by atoms with Crippen LogP contribution in [0.5, 0.6) is 11.5 Å². The van der Waals surface area contributed by atoms with Gasteiger partial charge >= 0.3 is 17.9 Å². The van der Waals surface area contributed by atoms with E-state index in [1.54, 1.807) is 27.7 Å². The van der Waals surface area contributed by atoms with Gasteiger partial charge in [0.25, 0.3) is 10.1 Å². The number of carbonyl (C=O) groups is 3. The Kier molecular flexibility index (Phi) is 9.84. The standard InChI is InChI=1S/C42H51FO11S/c1-18(2)27-15-26(16-28(19(3)4)38(27)55(47,48)49)50-40(45)33-29-17-30-34(33)41(46)53-37(30)36(29)52-39(44)23-7-8-31(43)32(14-23)51-42(20(5)6)54-35-24-10-21-9-22(12-24)13-25(35)11-21/h7-8,14-16,18-22,24-25,29-30,33-37,42H,9-13,17H2,1-6H3,(H,47,48,49). The normalized spacial score (nSPS) is 33.4. The van der Waals surface area contributed by atoms with Gasteiger partial charge in [0.1, 0.15) is 22.9 Å². The van der Waals surface area contributed by atoms with E-state index in [2.05, 4.69) is 0 Å². The van der Waals surface area contributed by atoms with Crippen LogP contribution in [0.3, 0.4) is 0 Å². The second-order valence-electron chi connectivity index (χ2n) is 17.9. The number of hydrogen-bond acceptors (Lipinski definition) is 10. The molecule has 0 radical (unpaired) electrons. The summed E-state index contributed by atoms with van der Waals surface area (Å²) < 4.78 is 80.5. The van der Waals surface area contributed by atoms with Gasteiger partial charge in [0.15, 0.2) is 11.6 Å². The van der Waals surface area contributed by atoms with E-state index in [4.69, 9.17) is 23.7 Å². The summed E-state index contributed by atoms with van der Waals surface area (Å²) in [6, 6.07) is 6.62. The molecule has 11 nitrogen and oxygen atoms in total. The first-order valence-electron chi connectivity index (χ1n) is 19.9. The van der Waals surface area contributed by atoms with Crippen molar-refractivity contribution in [3.8, 4) is 11.5 Å². The van der Waals surface area contributed by atoms with Crippen LogP contribution in [-0.2, 0) is 33.9 Å². The molecule has 1 saturated heterocycles. The fourth-order valence-corrected chi connectivity index (χ4v) is 12.3. The van der Waals surface area contributed by atoms with Gasteiger partial charge < -0.3 is 23.7 Å². The zero-order valence-corrected chi connectivity index (χ0v) is 32.9. The van der Waals surface area contributed by atoms with E-state index in [0.717, 1.165) is 17.9 Å². The van der Waals surface area contributed by atoms with Gasteiger partial charge in [-0.2, -0.15) is 8.42 Å². The lowest BCUT2D eigenvalue weighted by Crippen LogP contribution is -2.51. The zero-order chi connectivity index (χ0) is 39.2. The van der Waals surface area contributed by atoms with Crippen molar-refractivity contribution in [2.45, 2.75) is 121 Å². The van der Waals surface area contributed by atoms with Gasteiger partial charge in [-0.25, -0.2) is 9.18 Å². The number of ether oxygens (including phenoxy) is 5. The summed E-state index contributed by atoms with van der Waals surface area (Å²) in [4.78, 5) is 40.6. The molecule has 1 heterocycles. The molecular formula is C42H51FO11S. The Bertz CT molecular complexity index is 1930. The molecule has 2 aromatic carbocycles. The van der Waals surface area contributed by atoms with Gasteiger partial charge in [-0.3, -0.25) is 14.1 Å². The number of hydrogen-bond donors (Lipinski definition) is 1. The monoisotopic (exact) mass is 782 g/mol. The van der Waals surface area contributed by atoms with E-state index in [-0.39, 0.29) is 51.7 Å². The molecule has 6 saturated carbocycles. The molecule has 7 unspecified atom stereocenters. The molecule has 298 valence electrons. The van der Waals surface area contributed by atoms with Gasteiger partial charge in [0.05, 0.1) is 23.5 Å². The lowest BCUT2D eigenvalue weighted by Gasteiger charge is -2.54. The molecule has 7 atom stereocenters. The van der Waals surface area contributed by atoms with E-state index in [0.29, 0.717) is 29.4 Å². The minimum atomic E-state index is -4.59. The van der Waals surface area contributed by atoms with Gasteiger partial charge in [0.2, 0.25) is 6.29 Å². The Morgan fingerprint density at radius 3 is 2.04 bits per heavy atom. The molecule has 6 aliphatic carbocycles. The summed E-state index contributed by atoms with van der Waals surface area (Å²) in [7, 11) is -4.59. The van der Waals surface area contributed by atoms with Gasteiger partial charge in [-0.05, 0) is 115 Å². The lowest BCUT2D eigenvalue weighted by molar-refractivity contribution is -0.211. The summed E-state index contributed by atoms with van der Waals surface area (Å²) in [5.41, 5.74) is 0.620. The van der Waals surface area contributed by atoms with Crippen molar-refractivity contribution >= 4 is 28.0 Å². The van der Waals surface area contributed by atoms with Crippen molar-refractivity contribution in [1.29, 1.82) is 0 Å². The molecule has 6 bridgehead atoms. The fourth-order valence-electron chi connectivity index (χ4n) is 11.1. The van der Waals surface area contributed by atoms with Crippen LogP contribution in [0.15, 0.2) is 35.2 Å². The molecule has 0 amide bonds. The molecule has 1 aliphatic heterocycles. The minimum absolute atomic E-state index is 0.0395. The number of carbonyl (C=O) groups excluding carboxylic acids is 3. The van der Waals surface area contributed by atoms with Crippen LogP contribution in [0.4, 0.5) is 4.39 Å². The van der Waals surface area contributed by atoms with Crippen molar-refractivity contribution in [2.24, 2.45) is 53.3 Å². The fraction of sp³-hybridized carbons (Fsp3) is 0.643. The van der Waals surface area contributed by atoms with Crippen LogP contribution in [0, 0.1) is 59.1 Å². The van der Waals surface area contributed by atoms with Crippen LogP contribution in [0.2, 0.25) is 0 Å². The predicted molar refractivity (Wildman–Crippen MR) is 195 cm³/mol. The van der Waals surface area contributed by atoms with Crippen molar-refractivity contribution in [3.05, 3.63) is 52.8 Å². The maximum atomic E-state index is 15.3. The molecule has 7 aliphatic rings. The largest absolute Gasteiger partial charge is 0.462 e. The van der Waals surface area contributed by atoms with E-state index < -0.39 is 70.1 Å². The smallest absolute Gasteiger partial charge is 0.338 e. The quantitative estimate of drug-likeness (QED) is 0.0989. The van der Waals surface area contributed by atoms with Crippen LogP contribution < -0.4 is 9.47 Å². The predicted octanol–water partition coefficient (Wildman–Crippen LogP) is 7.46. The molecule has 0 spiro atoms. The maximum absolute atomic E-state index is 15.3. The Labute approximate surface area is 321 Å². The third kappa shape index (κ3) is 6.85. The highest BCUT2D eigenvalue weighted by Crippen LogP contribution is 2.59. The van der Waals surface area contributed by atoms with Gasteiger partial charge in [-0.1, -0.05) is 41.5 Å². The van der Waals surface area contributed by atoms with Crippen LogP contribution in [0.25, 0.3) is 0 Å². The zero-order valence-electron chi connectivity index (χ0n) is 32.1. The second-order valence-corrected chi connectivity index (χ2v) is 19.3. The number of esters is 3. The van der Waals surface area contributed by atoms with Gasteiger partial charge in [0, 0.05) is 17.8 Å². The first-order valence-corrected chi connectivity index (χ1v) is 21.3. The summed E-state index contributed by atoms with van der Waals surface area (Å²) in [5, 5.41) is 0. The van der Waals surface area contributed by atoms with Crippen molar-refractivity contribution in [2.75, 3.05) is 0 Å². The average molecular weight is 783 g/mol. The molecule has 1 N–H and O–H groups in total. The number of benzene rings is 2. The summed E-state index contributed by atoms with van der Waals surface area (Å²) >= 11 is 0. The Balaban J connectivity index is 0.990. The Morgan fingerprint density at radius 2 is 1.47 bits per heavy atom. The SMILES string of the molecule is CC(C)c1cc(OC(=O)C2C3CC4C(OC(=O)C42)C3OC(=O)c2ccc(F)c(OC(OC3C4CC5CC(C4)CC3C5)C(C)C)c2)cc(C(C)C)c1S(=O)(=O)O. The molecule has 13 heteroatoms. The van der Waals surface area contributed by atoms with E-state index >= 15 is 4.39 Å². The second kappa shape index (κ2) is 14.1. The molecule has 7 fully saturated rings. The first-order chi connectivity index (χ1) is 26.0. The minimum Gasteiger partial charge on any atom is -0.462 e. The molecule has 55 heavy (non-hydrogen) atoms. The number of rotatable bonds is 12. The van der Waals surface area contributed by atoms with Crippen molar-refractivity contribution < 1.29 is 55.4 Å². The Hall–Kier alpha value is -3.55. The van der Waals surface area contributed by atoms with Crippen LogP contribution in [0.1, 0.15) is 113 Å². The average Bonchev–Trinajstić information content (AvgIpc) is 3.73. The lowest BCUT2D eigenvalue weighted by atomic mass is 9.55. The number of fused-ring (bicyclic) bond motifs is 1. The van der Waals surface area contributed by atoms with Crippen molar-refractivity contribution in [1.82, 2.24) is 0 Å². The first kappa shape index (κ1) is 38.3. The van der Waals surface area contributed by atoms with E-state index in [1.165, 1.54) is 56.4 Å². The highest BCUT2D eigenvalue weighted by molar-refractivity contribution is 7.86. The molecule has 9 rings (SSSR count). The third-order valence-corrected chi connectivity index (χ3v) is 14.3. The topological polar surface area (TPSA) is 152 Å². The summed E-state index contributed by atoms with van der Waals surface area (Å²) in [6.07, 6.45) is 4.05. The molecular weight excluding hydrogens is 732 g/mol. The summed E-state index contributed by atoms with van der Waals surface area (Å²) in [6.45, 7) is 11.0. The van der Waals surface area contributed by atoms with E-state index in [9.17, 15) is 27.4 Å². The maximum Gasteiger partial charge on any atom is 0.338 e. The van der Waals surface area contributed by atoms with Crippen LogP contribution in [-0.4, -0.2) is 55.5 Å². The summed E-state index contributed by atoms with van der Waals surface area (Å²) in [5.74, 6) is -3.72. The van der Waals surface area contributed by atoms with Crippen molar-refractivity contribution in [3.63, 3.8) is 0 Å². The molecule has 0 aromatic heterocycles. The molecule has 2 aromatic rings. The highest BCUT2D eigenvalue weighted by Gasteiger charge is 2.70. The number of halogens is 1. The van der Waals surface area contributed by atoms with Gasteiger partial charge in [-0.15, -0.1) is 0 Å². The highest BCUT2D eigenvalue weighted by atomic mass is 32.2. The third-order valence-electron chi connectivity index (χ3n) is 13.3. The Morgan fingerprint density at radius 1 is 0.855 bits per heavy atom.